The van der Waals surface area contributed by atoms with Crippen molar-refractivity contribution in [1.29, 1.82) is 0 Å². The molecule has 5 heteroatoms. The Bertz CT molecular complexity index is 699. The molecule has 2 aromatic carbocycles. The van der Waals surface area contributed by atoms with Crippen LogP contribution >= 0.6 is 0 Å². The Labute approximate surface area is 141 Å². The van der Waals surface area contributed by atoms with Crippen LogP contribution in [-0.4, -0.2) is 25.3 Å². The Kier molecular flexibility index (Phi) is 5.59. The molecule has 0 aliphatic carbocycles. The van der Waals surface area contributed by atoms with Crippen molar-refractivity contribution in [3.8, 4) is 5.75 Å². The number of benzene rings is 2. The van der Waals surface area contributed by atoms with Crippen molar-refractivity contribution < 1.29 is 24.1 Å². The molecule has 0 radical (unpaired) electrons. The maximum atomic E-state index is 11.6. The molecule has 24 heavy (non-hydrogen) atoms. The van der Waals surface area contributed by atoms with Crippen LogP contribution in [0.5, 0.6) is 5.75 Å². The molecule has 2 aromatic rings. The monoisotopic (exact) mass is 330 g/mol. The molecule has 0 bridgehead atoms. The van der Waals surface area contributed by atoms with E-state index in [0.717, 1.165) is 16.7 Å². The van der Waals surface area contributed by atoms with Gasteiger partial charge < -0.3 is 19.3 Å². The van der Waals surface area contributed by atoms with Gasteiger partial charge in [0.25, 0.3) is 5.79 Å². The van der Waals surface area contributed by atoms with Gasteiger partial charge in [-0.3, -0.25) is 0 Å². The lowest BCUT2D eigenvalue weighted by molar-refractivity contribution is -0.231. The molecule has 0 aromatic heterocycles. The summed E-state index contributed by atoms with van der Waals surface area (Å²) in [5.74, 6) is -2.52. The number of aliphatic carboxylic acids is 1. The van der Waals surface area contributed by atoms with Crippen molar-refractivity contribution in [3.05, 3.63) is 64.7 Å². The molecule has 128 valence electrons. The summed E-state index contributed by atoms with van der Waals surface area (Å²) in [6.45, 7) is 4.48. The average Bonchev–Trinajstić information content (AvgIpc) is 2.56. The first kappa shape index (κ1) is 18.0. The van der Waals surface area contributed by atoms with E-state index < -0.39 is 11.8 Å². The van der Waals surface area contributed by atoms with E-state index in [0.29, 0.717) is 17.9 Å². The predicted octanol–water partition coefficient (Wildman–Crippen LogP) is 3.41. The Morgan fingerprint density at radius 3 is 2.17 bits per heavy atom. The van der Waals surface area contributed by atoms with Crippen molar-refractivity contribution in [3.63, 3.8) is 0 Å². The molecule has 0 saturated heterocycles. The van der Waals surface area contributed by atoms with Gasteiger partial charge in [0.05, 0.1) is 0 Å². The van der Waals surface area contributed by atoms with Crippen LogP contribution in [0.25, 0.3) is 0 Å². The number of hydrogen-bond acceptors (Lipinski definition) is 4. The Hall–Kier alpha value is -2.37. The van der Waals surface area contributed by atoms with Crippen LogP contribution in [0.1, 0.15) is 22.3 Å². The highest BCUT2D eigenvalue weighted by atomic mass is 16.7. The number of hydrogen-bond donors (Lipinski definition) is 1. The molecule has 0 saturated carbocycles. The lowest BCUT2D eigenvalue weighted by atomic mass is 10.0. The fourth-order valence-electron chi connectivity index (χ4n) is 2.64. The smallest absolute Gasteiger partial charge is 0.369 e. The summed E-state index contributed by atoms with van der Waals surface area (Å²) in [5.41, 5.74) is 3.78. The second-order valence-electron chi connectivity index (χ2n) is 5.52. The van der Waals surface area contributed by atoms with E-state index in [-0.39, 0.29) is 0 Å². The quantitative estimate of drug-likeness (QED) is 0.788. The van der Waals surface area contributed by atoms with E-state index >= 15 is 0 Å². The zero-order chi connectivity index (χ0) is 17.7. The maximum Gasteiger partial charge on any atom is 0.369 e. The lowest BCUT2D eigenvalue weighted by Gasteiger charge is -2.26. The molecule has 5 nitrogen and oxygen atoms in total. The summed E-state index contributed by atoms with van der Waals surface area (Å²) in [7, 11) is 2.59. The minimum atomic E-state index is -1.85. The topological polar surface area (TPSA) is 65.0 Å². The van der Waals surface area contributed by atoms with E-state index in [1.807, 2.05) is 32.0 Å². The van der Waals surface area contributed by atoms with E-state index in [1.54, 1.807) is 24.3 Å². The summed E-state index contributed by atoms with van der Waals surface area (Å²) < 4.78 is 16.1. The molecule has 0 fully saturated rings. The van der Waals surface area contributed by atoms with Crippen LogP contribution in [0, 0.1) is 13.8 Å². The first-order valence-corrected chi connectivity index (χ1v) is 7.56. The molecular formula is C19H22O5. The van der Waals surface area contributed by atoms with Gasteiger partial charge in [-0.05, 0) is 42.7 Å². The van der Waals surface area contributed by atoms with Gasteiger partial charge in [-0.15, -0.1) is 0 Å². The molecule has 2 rings (SSSR count). The van der Waals surface area contributed by atoms with Crippen LogP contribution < -0.4 is 4.74 Å². The van der Waals surface area contributed by atoms with Crippen LogP contribution in [0.4, 0.5) is 0 Å². The molecule has 0 atom stereocenters. The van der Waals surface area contributed by atoms with E-state index in [1.165, 1.54) is 14.2 Å². The first-order chi connectivity index (χ1) is 11.4. The number of ether oxygens (including phenoxy) is 3. The van der Waals surface area contributed by atoms with Gasteiger partial charge in [-0.2, -0.15) is 0 Å². The lowest BCUT2D eigenvalue weighted by Crippen LogP contribution is -2.39. The second-order valence-corrected chi connectivity index (χ2v) is 5.52. The molecule has 0 unspecified atom stereocenters. The third kappa shape index (κ3) is 3.42. The number of rotatable bonds is 7. The Morgan fingerprint density at radius 1 is 1.04 bits per heavy atom. The van der Waals surface area contributed by atoms with Crippen molar-refractivity contribution in [2.45, 2.75) is 26.2 Å². The molecule has 1 N–H and O–H groups in total. The fourth-order valence-corrected chi connectivity index (χ4v) is 2.64. The van der Waals surface area contributed by atoms with Crippen molar-refractivity contribution in [1.82, 2.24) is 0 Å². The standard InChI is InChI=1S/C19H22O5/c1-13-7-5-8-14(2)17(13)12-24-16-10-6-9-15(11-16)19(22-3,23-4)18(20)21/h5-11H,12H2,1-4H3,(H,20,21). The van der Waals surface area contributed by atoms with Crippen LogP contribution in [0.3, 0.4) is 0 Å². The predicted molar refractivity (Wildman–Crippen MR) is 90.0 cm³/mol. The highest BCUT2D eigenvalue weighted by Crippen LogP contribution is 2.29. The van der Waals surface area contributed by atoms with Gasteiger partial charge in [-0.25, -0.2) is 4.79 Å². The first-order valence-electron chi connectivity index (χ1n) is 7.56. The SMILES string of the molecule is COC(OC)(C(=O)O)c1cccc(OCc2c(C)cccc2C)c1. The minimum absolute atomic E-state index is 0.360. The van der Waals surface area contributed by atoms with E-state index in [2.05, 4.69) is 0 Å². The fraction of sp³-hybridized carbons (Fsp3) is 0.316. The van der Waals surface area contributed by atoms with Gasteiger partial charge >= 0.3 is 5.97 Å². The Morgan fingerprint density at radius 2 is 1.62 bits per heavy atom. The van der Waals surface area contributed by atoms with Gasteiger partial charge in [0.1, 0.15) is 12.4 Å². The third-order valence-electron chi connectivity index (χ3n) is 4.10. The summed E-state index contributed by atoms with van der Waals surface area (Å²) in [6.07, 6.45) is 0. The number of methoxy groups -OCH3 is 2. The summed E-state index contributed by atoms with van der Waals surface area (Å²) in [6, 6.07) is 12.8. The summed E-state index contributed by atoms with van der Waals surface area (Å²) in [5, 5.41) is 9.46. The normalized spacial score (nSPS) is 11.3. The van der Waals surface area contributed by atoms with Crippen molar-refractivity contribution in [2.75, 3.05) is 14.2 Å². The largest absolute Gasteiger partial charge is 0.489 e. The summed E-state index contributed by atoms with van der Waals surface area (Å²) in [4.78, 5) is 11.6. The minimum Gasteiger partial charge on any atom is -0.489 e. The van der Waals surface area contributed by atoms with Crippen LogP contribution in [0.15, 0.2) is 42.5 Å². The van der Waals surface area contributed by atoms with Gasteiger partial charge in [0.15, 0.2) is 0 Å². The van der Waals surface area contributed by atoms with Crippen LogP contribution in [-0.2, 0) is 26.7 Å². The molecule has 0 aliphatic heterocycles. The third-order valence-corrected chi connectivity index (χ3v) is 4.10. The number of carboxylic acid groups (broad SMARTS) is 1. The number of carboxylic acids is 1. The molecule has 0 aliphatic rings. The molecule has 0 spiro atoms. The second kappa shape index (κ2) is 7.47. The zero-order valence-electron chi connectivity index (χ0n) is 14.3. The summed E-state index contributed by atoms with van der Waals surface area (Å²) >= 11 is 0. The highest BCUT2D eigenvalue weighted by Gasteiger charge is 2.41. The zero-order valence-corrected chi connectivity index (χ0v) is 14.3. The van der Waals surface area contributed by atoms with E-state index in [9.17, 15) is 9.90 Å². The maximum absolute atomic E-state index is 11.6. The molecule has 0 heterocycles. The highest BCUT2D eigenvalue weighted by molar-refractivity contribution is 5.77. The van der Waals surface area contributed by atoms with Gasteiger partial charge in [0.2, 0.25) is 0 Å². The van der Waals surface area contributed by atoms with Gasteiger partial charge in [-0.1, -0.05) is 30.3 Å². The van der Waals surface area contributed by atoms with Gasteiger partial charge in [0, 0.05) is 19.8 Å². The molecular weight excluding hydrogens is 308 g/mol. The molecule has 0 amide bonds. The number of carbonyl (C=O) groups is 1. The van der Waals surface area contributed by atoms with Crippen molar-refractivity contribution in [2.24, 2.45) is 0 Å². The average molecular weight is 330 g/mol. The number of aryl methyl sites for hydroxylation is 2. The van der Waals surface area contributed by atoms with Crippen molar-refractivity contribution >= 4 is 5.97 Å². The Balaban J connectivity index is 2.26. The van der Waals surface area contributed by atoms with Crippen LogP contribution in [0.2, 0.25) is 0 Å². The van der Waals surface area contributed by atoms with E-state index in [4.69, 9.17) is 14.2 Å².